The van der Waals surface area contributed by atoms with Crippen LogP contribution < -0.4 is 10.6 Å². The second-order valence-corrected chi connectivity index (χ2v) is 9.04. The average molecular weight is 401 g/mol. The Morgan fingerprint density at radius 3 is 2.79 bits per heavy atom. The number of fused-ring (bicyclic) bond motifs is 1. The van der Waals surface area contributed by atoms with Gasteiger partial charge in [0.25, 0.3) is 0 Å². The Balaban J connectivity index is 1.45. The monoisotopic (exact) mass is 400 g/mol. The van der Waals surface area contributed by atoms with Gasteiger partial charge in [0, 0.05) is 55.9 Å². The molecule has 2 amide bonds. The maximum Gasteiger partial charge on any atom is 0.222 e. The van der Waals surface area contributed by atoms with Gasteiger partial charge in [-0.1, -0.05) is 6.07 Å². The van der Waals surface area contributed by atoms with Gasteiger partial charge in [-0.2, -0.15) is 0 Å². The van der Waals surface area contributed by atoms with E-state index in [0.717, 1.165) is 31.5 Å². The van der Waals surface area contributed by atoms with E-state index in [1.165, 1.54) is 0 Å². The summed E-state index contributed by atoms with van der Waals surface area (Å²) in [5, 5.41) is 6.09. The molecule has 7 nitrogen and oxygen atoms in total. The molecular weight excluding hydrogens is 368 g/mol. The first-order chi connectivity index (χ1) is 14.0. The zero-order valence-corrected chi connectivity index (χ0v) is 17.3. The van der Waals surface area contributed by atoms with Crippen molar-refractivity contribution in [1.82, 2.24) is 20.5 Å². The summed E-state index contributed by atoms with van der Waals surface area (Å²) in [4.78, 5) is 31.5. The van der Waals surface area contributed by atoms with Gasteiger partial charge in [-0.15, -0.1) is 0 Å². The second-order valence-electron chi connectivity index (χ2n) is 9.04. The summed E-state index contributed by atoms with van der Waals surface area (Å²) in [6.45, 7) is 6.20. The van der Waals surface area contributed by atoms with E-state index in [0.29, 0.717) is 25.5 Å². The van der Waals surface area contributed by atoms with Crippen LogP contribution in [0.5, 0.6) is 0 Å². The van der Waals surface area contributed by atoms with Crippen LogP contribution in [0.1, 0.15) is 45.1 Å². The molecule has 1 aromatic heterocycles. The fourth-order valence-electron chi connectivity index (χ4n) is 4.84. The van der Waals surface area contributed by atoms with Crippen molar-refractivity contribution in [2.75, 3.05) is 13.2 Å². The number of nitrogens with one attached hydrogen (secondary N) is 2. The lowest BCUT2D eigenvalue weighted by Crippen LogP contribution is -2.37. The smallest absolute Gasteiger partial charge is 0.222 e. The van der Waals surface area contributed by atoms with Crippen LogP contribution in [0, 0.1) is 11.8 Å². The SMILES string of the molecule is CC(C)NC(=O)C[C@@H]1OC[C@@H]2[C@H]1[C@H](CC(=O)NC1CC1)CN2Cc1cccnc1. The molecule has 0 aromatic carbocycles. The number of nitrogens with zero attached hydrogens (tertiary/aromatic N) is 2. The van der Waals surface area contributed by atoms with Crippen molar-refractivity contribution >= 4 is 11.8 Å². The summed E-state index contributed by atoms with van der Waals surface area (Å²) in [6, 6.07) is 4.77. The molecular formula is C22H32N4O3. The van der Waals surface area contributed by atoms with E-state index in [1.54, 1.807) is 6.20 Å². The van der Waals surface area contributed by atoms with Gasteiger partial charge in [0.1, 0.15) is 0 Å². The minimum atomic E-state index is -0.128. The molecule has 29 heavy (non-hydrogen) atoms. The third-order valence-corrected chi connectivity index (χ3v) is 6.17. The van der Waals surface area contributed by atoms with Crippen LogP contribution in [0.25, 0.3) is 0 Å². The van der Waals surface area contributed by atoms with Crippen molar-refractivity contribution in [3.05, 3.63) is 30.1 Å². The highest BCUT2D eigenvalue weighted by molar-refractivity contribution is 5.77. The van der Waals surface area contributed by atoms with Gasteiger partial charge in [0.2, 0.25) is 11.8 Å². The van der Waals surface area contributed by atoms with E-state index in [-0.39, 0.29) is 41.8 Å². The minimum absolute atomic E-state index is 0.0255. The molecule has 4 atom stereocenters. The van der Waals surface area contributed by atoms with E-state index >= 15 is 0 Å². The summed E-state index contributed by atoms with van der Waals surface area (Å²) in [6.07, 6.45) is 6.60. The maximum absolute atomic E-state index is 12.5. The standard InChI is InChI=1S/C22H32N4O3/c1-14(2)24-21(28)9-19-22-16(8-20(27)25-17-5-6-17)12-26(18(22)13-29-19)11-15-4-3-7-23-10-15/h3-4,7,10,14,16-19,22H,5-6,8-9,11-13H2,1-2H3,(H,24,28)(H,25,27)/t16-,18-,19+,22-/m1/s1. The van der Waals surface area contributed by atoms with Crippen LogP contribution >= 0.6 is 0 Å². The number of likely N-dealkylation sites (tertiary alicyclic amines) is 1. The Kier molecular flexibility index (Phi) is 6.15. The lowest BCUT2D eigenvalue weighted by atomic mass is 9.84. The van der Waals surface area contributed by atoms with E-state index in [1.807, 2.05) is 26.1 Å². The first-order valence-corrected chi connectivity index (χ1v) is 10.8. The van der Waals surface area contributed by atoms with E-state index < -0.39 is 0 Å². The molecule has 1 aromatic rings. The predicted octanol–water partition coefficient (Wildman–Crippen LogP) is 1.48. The fourth-order valence-corrected chi connectivity index (χ4v) is 4.84. The molecule has 3 heterocycles. The topological polar surface area (TPSA) is 83.6 Å². The molecule has 3 fully saturated rings. The van der Waals surface area contributed by atoms with Gasteiger partial charge in [-0.25, -0.2) is 0 Å². The van der Waals surface area contributed by atoms with E-state index in [9.17, 15) is 9.59 Å². The Morgan fingerprint density at radius 2 is 2.10 bits per heavy atom. The summed E-state index contributed by atoms with van der Waals surface area (Å²) in [5.41, 5.74) is 1.16. The number of amides is 2. The fraction of sp³-hybridized carbons (Fsp3) is 0.682. The zero-order valence-electron chi connectivity index (χ0n) is 17.3. The molecule has 0 radical (unpaired) electrons. The van der Waals surface area contributed by atoms with Crippen LogP contribution in [0.15, 0.2) is 24.5 Å². The zero-order chi connectivity index (χ0) is 20.4. The summed E-state index contributed by atoms with van der Waals surface area (Å²) in [5.74, 6) is 0.568. The molecule has 158 valence electrons. The van der Waals surface area contributed by atoms with Crippen molar-refractivity contribution in [3.63, 3.8) is 0 Å². The Labute approximate surface area is 172 Å². The molecule has 2 N–H and O–H groups in total. The van der Waals surface area contributed by atoms with Gasteiger partial charge < -0.3 is 15.4 Å². The molecule has 0 spiro atoms. The van der Waals surface area contributed by atoms with Gasteiger partial charge in [-0.05, 0) is 44.2 Å². The van der Waals surface area contributed by atoms with Gasteiger partial charge in [0.15, 0.2) is 0 Å². The van der Waals surface area contributed by atoms with Gasteiger partial charge >= 0.3 is 0 Å². The molecule has 3 aliphatic rings. The van der Waals surface area contributed by atoms with Crippen LogP contribution in [0.3, 0.4) is 0 Å². The third kappa shape index (κ3) is 5.14. The Bertz CT molecular complexity index is 722. The largest absolute Gasteiger partial charge is 0.376 e. The van der Waals surface area contributed by atoms with Gasteiger partial charge in [-0.3, -0.25) is 19.5 Å². The molecule has 2 saturated heterocycles. The first-order valence-electron chi connectivity index (χ1n) is 10.8. The van der Waals surface area contributed by atoms with Crippen molar-refractivity contribution in [3.8, 4) is 0 Å². The van der Waals surface area contributed by atoms with E-state index in [4.69, 9.17) is 4.74 Å². The average Bonchev–Trinajstić information content (AvgIpc) is 3.28. The van der Waals surface area contributed by atoms with Crippen LogP contribution in [0.4, 0.5) is 0 Å². The highest BCUT2D eigenvalue weighted by Gasteiger charge is 2.51. The number of carbonyl (C=O) groups is 2. The number of hydrogen-bond donors (Lipinski definition) is 2. The summed E-state index contributed by atoms with van der Waals surface area (Å²) < 4.78 is 6.10. The van der Waals surface area contributed by atoms with E-state index in [2.05, 4.69) is 26.6 Å². The highest BCUT2D eigenvalue weighted by atomic mass is 16.5. The van der Waals surface area contributed by atoms with Crippen molar-refractivity contribution in [1.29, 1.82) is 0 Å². The Hall–Kier alpha value is -1.99. The lowest BCUT2D eigenvalue weighted by molar-refractivity contribution is -0.124. The Morgan fingerprint density at radius 1 is 1.28 bits per heavy atom. The van der Waals surface area contributed by atoms with Crippen molar-refractivity contribution in [2.45, 2.75) is 70.3 Å². The van der Waals surface area contributed by atoms with Crippen LogP contribution in [0.2, 0.25) is 0 Å². The first kappa shape index (κ1) is 20.3. The summed E-state index contributed by atoms with van der Waals surface area (Å²) >= 11 is 0. The predicted molar refractivity (Wildman–Crippen MR) is 109 cm³/mol. The number of carbonyl (C=O) groups excluding carboxylic acids is 2. The van der Waals surface area contributed by atoms with Crippen LogP contribution in [-0.2, 0) is 20.9 Å². The van der Waals surface area contributed by atoms with Crippen molar-refractivity contribution in [2.24, 2.45) is 11.8 Å². The molecule has 0 bridgehead atoms. The normalized spacial score (nSPS) is 29.1. The lowest BCUT2D eigenvalue weighted by Gasteiger charge is -2.23. The third-order valence-electron chi connectivity index (χ3n) is 6.17. The number of hydrogen-bond acceptors (Lipinski definition) is 5. The maximum atomic E-state index is 12.5. The molecule has 0 unspecified atom stereocenters. The van der Waals surface area contributed by atoms with Crippen molar-refractivity contribution < 1.29 is 14.3 Å². The number of aromatic nitrogens is 1. The quantitative estimate of drug-likeness (QED) is 0.691. The molecule has 2 aliphatic heterocycles. The van der Waals surface area contributed by atoms with Crippen LogP contribution in [-0.4, -0.2) is 59.1 Å². The summed E-state index contributed by atoms with van der Waals surface area (Å²) in [7, 11) is 0. The molecule has 7 heteroatoms. The molecule has 1 saturated carbocycles. The number of rotatable bonds is 8. The molecule has 1 aliphatic carbocycles. The van der Waals surface area contributed by atoms with Gasteiger partial charge in [0.05, 0.1) is 19.1 Å². The number of pyridine rings is 1. The minimum Gasteiger partial charge on any atom is -0.376 e. The second kappa shape index (κ2) is 8.79. The number of ether oxygens (including phenoxy) is 1. The highest BCUT2D eigenvalue weighted by Crippen LogP contribution is 2.42. The molecule has 4 rings (SSSR count).